The second-order valence-electron chi connectivity index (χ2n) is 0. The molecule has 0 atom stereocenters. The fourth-order valence-corrected chi connectivity index (χ4v) is 0. The Balaban J connectivity index is -0.000000000333. The molecule has 0 saturated heterocycles. The van der Waals surface area contributed by atoms with Gasteiger partial charge >= 0.3 is 59.1 Å². The number of hydrogen-bond donors (Lipinski definition) is 0. The molecule has 0 radical (unpaired) electrons. The number of halogens is 1. The molecule has 0 aliphatic carbocycles. The van der Waals surface area contributed by atoms with E-state index in [1.165, 1.54) is 0 Å². The molecule has 0 N–H and O–H groups in total. The standard InChI is InChI=1S/CN.ClH.Fe.2Na.2H/c1-2;;;;;;/h;1H;;;;;/q-1;;;2*+1;2*-1. The first-order chi connectivity index (χ1) is 1.00. The van der Waals surface area contributed by atoms with Gasteiger partial charge in [-0.3, -0.25) is 0 Å². The van der Waals surface area contributed by atoms with Crippen molar-refractivity contribution in [3.63, 3.8) is 0 Å². The van der Waals surface area contributed by atoms with Crippen LogP contribution in [0.3, 0.4) is 0 Å². The minimum Gasteiger partial charge on any atom is -1.00 e. The predicted molar refractivity (Wildman–Crippen MR) is 14.4 cm³/mol. The summed E-state index contributed by atoms with van der Waals surface area (Å²) < 4.78 is 0. The van der Waals surface area contributed by atoms with E-state index in [1.807, 2.05) is 0 Å². The van der Waals surface area contributed by atoms with Crippen LogP contribution in [0, 0.1) is 11.8 Å². The zero-order valence-electron chi connectivity index (χ0n) is 5.71. The van der Waals surface area contributed by atoms with Crippen LogP contribution < -0.4 is 59.1 Å². The summed E-state index contributed by atoms with van der Waals surface area (Å²) in [5.41, 5.74) is 0. The molecule has 0 spiro atoms. The first-order valence-electron chi connectivity index (χ1n) is 0.224. The summed E-state index contributed by atoms with van der Waals surface area (Å²) >= 11 is 0. The van der Waals surface area contributed by atoms with E-state index in [2.05, 4.69) is 0 Å². The van der Waals surface area contributed by atoms with Gasteiger partial charge in [-0.05, 0) is 0 Å². The van der Waals surface area contributed by atoms with Crippen LogP contribution in [0.2, 0.25) is 0 Å². The monoisotopic (exact) mass is 166 g/mol. The molecule has 0 rings (SSSR count). The maximum Gasteiger partial charge on any atom is 1.00 e. The minimum atomic E-state index is 0. The van der Waals surface area contributed by atoms with Gasteiger partial charge in [0.25, 0.3) is 0 Å². The maximum absolute atomic E-state index is 6.25. The minimum absolute atomic E-state index is 0. The Bertz CT molecular complexity index is 24.8. The molecule has 0 aromatic carbocycles. The zero-order chi connectivity index (χ0) is 2.00. The Morgan fingerprint density at radius 3 is 1.17 bits per heavy atom. The van der Waals surface area contributed by atoms with Crippen molar-refractivity contribution in [3.05, 3.63) is 6.57 Å². The Morgan fingerprint density at radius 2 is 1.17 bits per heavy atom. The van der Waals surface area contributed by atoms with Crippen LogP contribution in [0.4, 0.5) is 0 Å². The van der Waals surface area contributed by atoms with Crippen molar-refractivity contribution < 1.29 is 79.0 Å². The van der Waals surface area contributed by atoms with Gasteiger partial charge in [-0.25, -0.2) is 0 Å². The van der Waals surface area contributed by atoms with Crippen molar-refractivity contribution in [2.45, 2.75) is 0 Å². The molecule has 0 aliphatic heterocycles. The van der Waals surface area contributed by atoms with E-state index >= 15 is 0 Å². The van der Waals surface area contributed by atoms with E-state index < -0.39 is 0 Å². The molecular formula is CH3ClFeNNa2-. The molecule has 1 nitrogen and oxygen atoms in total. The third-order valence-corrected chi connectivity index (χ3v) is 0. The predicted octanol–water partition coefficient (Wildman–Crippen LogP) is -5.25. The number of hydrogen-bond acceptors (Lipinski definition) is 1. The third-order valence-electron chi connectivity index (χ3n) is 0. The Hall–Kier alpha value is 2.30. The van der Waals surface area contributed by atoms with Crippen molar-refractivity contribution in [1.82, 2.24) is 0 Å². The van der Waals surface area contributed by atoms with Gasteiger partial charge in [0.1, 0.15) is 0 Å². The quantitative estimate of drug-likeness (QED) is 0.261. The Kier molecular flexibility index (Phi) is 371. The van der Waals surface area contributed by atoms with Crippen LogP contribution >= 0.6 is 12.4 Å². The molecule has 30 valence electrons. The van der Waals surface area contributed by atoms with Crippen molar-refractivity contribution in [3.8, 4) is 0 Å². The zero-order valence-corrected chi connectivity index (χ0v) is 9.63. The van der Waals surface area contributed by atoms with Gasteiger partial charge in [-0.1, -0.05) is 0 Å². The third kappa shape index (κ3) is 33.5. The summed E-state index contributed by atoms with van der Waals surface area (Å²) in [6.45, 7) is 4.75. The number of rotatable bonds is 0. The summed E-state index contributed by atoms with van der Waals surface area (Å²) in [5, 5.41) is 6.25. The van der Waals surface area contributed by atoms with E-state index in [4.69, 9.17) is 11.8 Å². The van der Waals surface area contributed by atoms with Gasteiger partial charge < -0.3 is 14.7 Å². The first kappa shape index (κ1) is 40.6. The average molecular weight is 166 g/mol. The second-order valence-corrected chi connectivity index (χ2v) is 0. The van der Waals surface area contributed by atoms with E-state index in [0.29, 0.717) is 0 Å². The van der Waals surface area contributed by atoms with Crippen LogP contribution in [-0.4, -0.2) is 0 Å². The summed E-state index contributed by atoms with van der Waals surface area (Å²) in [7, 11) is 0. The van der Waals surface area contributed by atoms with Gasteiger partial charge in [0, 0.05) is 17.1 Å². The second kappa shape index (κ2) is 54.8. The fraction of sp³-hybridized carbons (Fsp3) is 0. The average Bonchev–Trinajstić information content (AvgIpc) is 1.00. The molecule has 0 aromatic heterocycles. The van der Waals surface area contributed by atoms with Crippen molar-refractivity contribution in [2.24, 2.45) is 0 Å². The van der Waals surface area contributed by atoms with E-state index in [9.17, 15) is 0 Å². The van der Waals surface area contributed by atoms with E-state index in [-0.39, 0.29) is 91.4 Å². The normalized spacial score (nSPS) is 0.333. The summed E-state index contributed by atoms with van der Waals surface area (Å²) in [6, 6.07) is 0. The van der Waals surface area contributed by atoms with Crippen LogP contribution in [0.15, 0.2) is 0 Å². The Morgan fingerprint density at radius 1 is 1.17 bits per heavy atom. The smallest absolute Gasteiger partial charge is 1.00 e. The summed E-state index contributed by atoms with van der Waals surface area (Å²) in [6.07, 6.45) is 0. The van der Waals surface area contributed by atoms with Gasteiger partial charge in [0.2, 0.25) is 0 Å². The van der Waals surface area contributed by atoms with Crippen LogP contribution in [0.25, 0.3) is 0 Å². The molecule has 0 aliphatic rings. The summed E-state index contributed by atoms with van der Waals surface area (Å²) in [5.74, 6) is 0. The molecule has 5 heteroatoms. The van der Waals surface area contributed by atoms with Crippen LogP contribution in [0.1, 0.15) is 2.85 Å². The molecule has 0 unspecified atom stereocenters. The molecule has 0 aromatic rings. The van der Waals surface area contributed by atoms with Crippen molar-refractivity contribution in [1.29, 1.82) is 5.26 Å². The fourth-order valence-electron chi connectivity index (χ4n) is 0. The van der Waals surface area contributed by atoms with Crippen molar-refractivity contribution >= 4 is 12.4 Å². The Labute approximate surface area is 102 Å². The maximum atomic E-state index is 6.25. The molecule has 6 heavy (non-hydrogen) atoms. The van der Waals surface area contributed by atoms with Crippen molar-refractivity contribution in [2.75, 3.05) is 0 Å². The first-order valence-corrected chi connectivity index (χ1v) is 0.224. The largest absolute Gasteiger partial charge is 1.00 e. The van der Waals surface area contributed by atoms with E-state index in [1.54, 1.807) is 0 Å². The van der Waals surface area contributed by atoms with Crippen LogP contribution in [-0.2, 0) is 17.1 Å². The molecule has 0 saturated carbocycles. The van der Waals surface area contributed by atoms with Gasteiger partial charge in [-0.15, -0.1) is 12.4 Å². The van der Waals surface area contributed by atoms with Gasteiger partial charge in [0.05, 0.1) is 0 Å². The molecule has 0 bridgehead atoms. The molecule has 0 fully saturated rings. The molecular weight excluding hydrogens is 163 g/mol. The SMILES string of the molecule is Cl.[C-]#N.[Fe].[H-].[H-].[Na+].[Na+]. The number of nitrogens with zero attached hydrogens (tertiary/aromatic N) is 1. The molecule has 0 amide bonds. The van der Waals surface area contributed by atoms with Crippen LogP contribution in [0.5, 0.6) is 0 Å². The van der Waals surface area contributed by atoms with Gasteiger partial charge in [-0.2, -0.15) is 0 Å². The molecule has 0 heterocycles. The van der Waals surface area contributed by atoms with Gasteiger partial charge in [0.15, 0.2) is 0 Å². The summed E-state index contributed by atoms with van der Waals surface area (Å²) in [4.78, 5) is 0. The topological polar surface area (TPSA) is 23.8 Å². The van der Waals surface area contributed by atoms with E-state index in [0.717, 1.165) is 0 Å².